The molecule has 0 unspecified atom stereocenters. The first kappa shape index (κ1) is 29.6. The molecule has 1 fully saturated rings. The zero-order valence-electron chi connectivity index (χ0n) is 23.8. The van der Waals surface area contributed by atoms with Gasteiger partial charge in [-0.2, -0.15) is 4.58 Å². The fourth-order valence-corrected chi connectivity index (χ4v) is 5.89. The number of unbranched alkanes of at least 4 members (excludes halogenated alkanes) is 2. The van der Waals surface area contributed by atoms with E-state index in [9.17, 15) is 19.5 Å². The molecule has 0 aliphatic carbocycles. The van der Waals surface area contributed by atoms with Gasteiger partial charge in [-0.1, -0.05) is 32.8 Å². The van der Waals surface area contributed by atoms with Crippen LogP contribution in [0.5, 0.6) is 17.2 Å². The van der Waals surface area contributed by atoms with E-state index in [1.807, 2.05) is 34.1 Å². The predicted molar refractivity (Wildman–Crippen MR) is 149 cm³/mol. The molecule has 0 radical (unpaired) electrons. The van der Waals surface area contributed by atoms with Crippen molar-refractivity contribution in [3.63, 3.8) is 0 Å². The van der Waals surface area contributed by atoms with Crippen LogP contribution in [-0.2, 0) is 14.4 Å². The fraction of sp³-hybridized carbons (Fsp3) is 0.600. The van der Waals surface area contributed by atoms with E-state index in [1.54, 1.807) is 17.9 Å². The van der Waals surface area contributed by atoms with Crippen LogP contribution in [0, 0.1) is 5.92 Å². The average molecular weight is 557 g/mol. The van der Waals surface area contributed by atoms with E-state index >= 15 is 0 Å². The smallest absolute Gasteiger partial charge is 0.390 e. The standard InChI is InChI=1S/C30H41N3O7/c1-4-6-12-31(13-7-5-2)27(35)19-33-18-22(21-16-24(38-3)29-25(17-21)39-20-40-29)28(30(36)37)23(33)11-15-32-14-9-8-10-26(32)34/h8-9,14,16-17,22-23,28H,4-7,10-13,15,18-20H2,1-3H3/p+1/t22-,23+,28-/m1/s1. The van der Waals surface area contributed by atoms with E-state index in [-0.39, 0.29) is 25.2 Å². The molecule has 0 spiro atoms. The summed E-state index contributed by atoms with van der Waals surface area (Å²) in [5.41, 5.74) is 0.769. The van der Waals surface area contributed by atoms with E-state index in [0.29, 0.717) is 56.3 Å². The van der Waals surface area contributed by atoms with Crippen molar-refractivity contribution in [1.82, 2.24) is 9.80 Å². The largest absolute Gasteiger partial charge is 0.493 e. The number of benzene rings is 1. The lowest BCUT2D eigenvalue weighted by Crippen LogP contribution is -2.45. The molecule has 4 rings (SSSR count). The molecule has 3 heterocycles. The Morgan fingerprint density at radius 1 is 1.18 bits per heavy atom. The molecule has 40 heavy (non-hydrogen) atoms. The summed E-state index contributed by atoms with van der Waals surface area (Å²) in [5.74, 6) is -0.590. The van der Waals surface area contributed by atoms with E-state index in [1.165, 1.54) is 0 Å². The quantitative estimate of drug-likeness (QED) is 0.348. The fourth-order valence-electron chi connectivity index (χ4n) is 5.89. The van der Waals surface area contributed by atoms with Gasteiger partial charge < -0.3 is 24.2 Å². The van der Waals surface area contributed by atoms with Gasteiger partial charge in [0, 0.05) is 38.0 Å². The Morgan fingerprint density at radius 2 is 1.93 bits per heavy atom. The molecule has 3 aliphatic heterocycles. The van der Waals surface area contributed by atoms with Crippen molar-refractivity contribution in [2.24, 2.45) is 5.92 Å². The number of hydrogen-bond acceptors (Lipinski definition) is 7. The molecule has 0 saturated carbocycles. The molecule has 1 aromatic rings. The molecule has 2 amide bonds. The highest BCUT2D eigenvalue weighted by Gasteiger charge is 2.48. The number of ether oxygens (including phenoxy) is 3. The Morgan fingerprint density at radius 3 is 2.58 bits per heavy atom. The Labute approximate surface area is 236 Å². The number of rotatable bonds is 14. The molecule has 218 valence electrons. The number of carboxylic acid groups (broad SMARTS) is 1. The number of carbonyl (C=O) groups is 3. The minimum atomic E-state index is -0.927. The van der Waals surface area contributed by atoms with Gasteiger partial charge in [0.2, 0.25) is 18.4 Å². The lowest BCUT2D eigenvalue weighted by atomic mass is 9.84. The summed E-state index contributed by atoms with van der Waals surface area (Å²) in [6.45, 7) is 6.59. The Balaban J connectivity index is 1.64. The number of fused-ring (bicyclic) bond motifs is 1. The normalized spacial score (nSPS) is 21.9. The van der Waals surface area contributed by atoms with Crippen molar-refractivity contribution in [2.75, 3.05) is 46.6 Å². The van der Waals surface area contributed by atoms with Gasteiger partial charge in [-0.15, -0.1) is 0 Å². The predicted octanol–water partition coefficient (Wildman–Crippen LogP) is 3.28. The maximum absolute atomic E-state index is 13.6. The van der Waals surface area contributed by atoms with Gasteiger partial charge in [0.25, 0.3) is 0 Å². The number of carboxylic acids is 1. The van der Waals surface area contributed by atoms with Crippen LogP contribution in [0.2, 0.25) is 0 Å². The summed E-state index contributed by atoms with van der Waals surface area (Å²) in [4.78, 5) is 42.8. The number of likely N-dealkylation sites (tertiary alicyclic amines) is 1. The molecule has 0 bridgehead atoms. The zero-order valence-corrected chi connectivity index (χ0v) is 23.8. The molecule has 10 nitrogen and oxygen atoms in total. The highest BCUT2D eigenvalue weighted by atomic mass is 16.7. The first-order valence-corrected chi connectivity index (χ1v) is 14.4. The maximum atomic E-state index is 13.6. The molecule has 1 saturated heterocycles. The number of carbonyl (C=O) groups excluding carboxylic acids is 2. The average Bonchev–Trinajstić information content (AvgIpc) is 3.57. The van der Waals surface area contributed by atoms with Gasteiger partial charge in [-0.25, -0.2) is 4.79 Å². The number of nitrogens with zero attached hydrogens (tertiary/aromatic N) is 3. The summed E-state index contributed by atoms with van der Waals surface area (Å²) in [6, 6.07) is 3.21. The van der Waals surface area contributed by atoms with Crippen molar-refractivity contribution in [1.29, 1.82) is 0 Å². The topological polar surface area (TPSA) is 109 Å². The molecule has 1 aromatic carbocycles. The van der Waals surface area contributed by atoms with Crippen LogP contribution in [-0.4, -0.2) is 96.1 Å². The van der Waals surface area contributed by atoms with Crippen LogP contribution in [0.4, 0.5) is 0 Å². The summed E-state index contributed by atoms with van der Waals surface area (Å²) >= 11 is 0. The SMILES string of the molecule is CCCCN(CCCC)C(=O)CN1C[C@H](c2cc(OC)c3c(c2)OCO3)[C@@H](C(=O)O)[C@@H]1CC[N+]1=CC=CCC1=O. The van der Waals surface area contributed by atoms with Crippen molar-refractivity contribution in [3.8, 4) is 17.2 Å². The van der Waals surface area contributed by atoms with Gasteiger partial charge in [-0.3, -0.25) is 14.5 Å². The number of methoxy groups -OCH3 is 1. The van der Waals surface area contributed by atoms with Gasteiger partial charge >= 0.3 is 11.9 Å². The first-order chi connectivity index (χ1) is 19.4. The summed E-state index contributed by atoms with van der Waals surface area (Å²) in [5, 5.41) is 10.5. The molecular weight excluding hydrogens is 514 g/mol. The minimum Gasteiger partial charge on any atom is -0.493 e. The van der Waals surface area contributed by atoms with Crippen LogP contribution in [0.1, 0.15) is 63.9 Å². The summed E-state index contributed by atoms with van der Waals surface area (Å²) < 4.78 is 18.3. The molecule has 3 atom stereocenters. The Kier molecular flexibility index (Phi) is 10.2. The van der Waals surface area contributed by atoms with E-state index in [4.69, 9.17) is 14.2 Å². The summed E-state index contributed by atoms with van der Waals surface area (Å²) in [7, 11) is 1.54. The Hall–Kier alpha value is -3.40. The second-order valence-electron chi connectivity index (χ2n) is 10.7. The van der Waals surface area contributed by atoms with Crippen molar-refractivity contribution >= 4 is 24.0 Å². The van der Waals surface area contributed by atoms with Crippen LogP contribution in [0.25, 0.3) is 0 Å². The third kappa shape index (κ3) is 6.66. The maximum Gasteiger partial charge on any atom is 0.390 e. The third-order valence-corrected chi connectivity index (χ3v) is 8.08. The van der Waals surface area contributed by atoms with Gasteiger partial charge in [0.05, 0.1) is 26.0 Å². The van der Waals surface area contributed by atoms with Crippen LogP contribution in [0.3, 0.4) is 0 Å². The molecule has 3 aliphatic rings. The van der Waals surface area contributed by atoms with Crippen LogP contribution < -0.4 is 14.2 Å². The van der Waals surface area contributed by atoms with Gasteiger partial charge in [-0.05, 0) is 36.6 Å². The minimum absolute atomic E-state index is 0.0163. The highest BCUT2D eigenvalue weighted by molar-refractivity contribution is 5.81. The number of amides is 2. The highest BCUT2D eigenvalue weighted by Crippen LogP contribution is 2.47. The molecule has 1 N–H and O–H groups in total. The van der Waals surface area contributed by atoms with Gasteiger partial charge in [0.15, 0.2) is 24.3 Å². The van der Waals surface area contributed by atoms with E-state index < -0.39 is 23.8 Å². The lowest BCUT2D eigenvalue weighted by molar-refractivity contribution is -0.446. The summed E-state index contributed by atoms with van der Waals surface area (Å²) in [6.07, 6.45) is 9.99. The number of hydrogen-bond donors (Lipinski definition) is 1. The van der Waals surface area contributed by atoms with Gasteiger partial charge in [0.1, 0.15) is 0 Å². The van der Waals surface area contributed by atoms with Crippen LogP contribution >= 0.6 is 0 Å². The van der Waals surface area contributed by atoms with Crippen molar-refractivity contribution in [2.45, 2.75) is 64.3 Å². The third-order valence-electron chi connectivity index (χ3n) is 8.08. The second-order valence-corrected chi connectivity index (χ2v) is 10.7. The second kappa shape index (κ2) is 13.8. The van der Waals surface area contributed by atoms with Crippen molar-refractivity contribution < 1.29 is 38.3 Å². The lowest BCUT2D eigenvalue weighted by Gasteiger charge is -2.29. The number of allylic oxidation sites excluding steroid dienone is 1. The molecular formula is C30H42N3O7+. The van der Waals surface area contributed by atoms with Crippen molar-refractivity contribution in [3.05, 3.63) is 29.8 Å². The number of aliphatic carboxylic acids is 1. The van der Waals surface area contributed by atoms with Crippen LogP contribution in [0.15, 0.2) is 24.3 Å². The Bertz CT molecular complexity index is 1140. The monoisotopic (exact) mass is 556 g/mol. The molecule has 0 aromatic heterocycles. The van der Waals surface area contributed by atoms with E-state index in [2.05, 4.69) is 13.8 Å². The molecule has 10 heteroatoms. The first-order valence-electron chi connectivity index (χ1n) is 14.4. The van der Waals surface area contributed by atoms with E-state index in [0.717, 1.165) is 31.2 Å². The zero-order chi connectivity index (χ0) is 28.6.